The van der Waals surface area contributed by atoms with Gasteiger partial charge in [-0.2, -0.15) is 5.06 Å². The average molecular weight is 232 g/mol. The lowest BCUT2D eigenvalue weighted by atomic mass is 10.3. The molecule has 0 spiro atoms. The highest BCUT2D eigenvalue weighted by atomic mass is 35.5. The van der Waals surface area contributed by atoms with Gasteiger partial charge in [-0.05, 0) is 30.0 Å². The number of hydrogen-bond donors (Lipinski definition) is 1. The van der Waals surface area contributed by atoms with Crippen molar-refractivity contribution in [2.75, 3.05) is 10.8 Å². The molecule has 0 radical (unpaired) electrons. The molecule has 76 valence electrons. The maximum Gasteiger partial charge on any atom is 0.309 e. The van der Waals surface area contributed by atoms with E-state index in [1.54, 1.807) is 24.3 Å². The minimum absolute atomic E-state index is 0.394. The molecule has 1 N–H and O–H groups in total. The third-order valence-corrected chi connectivity index (χ3v) is 2.47. The fourth-order valence-electron chi connectivity index (χ4n) is 0.872. The first-order valence-electron chi connectivity index (χ1n) is 4.06. The molecule has 0 fully saturated rings. The van der Waals surface area contributed by atoms with Gasteiger partial charge >= 0.3 is 5.24 Å². The van der Waals surface area contributed by atoms with E-state index in [1.807, 2.05) is 6.92 Å². The van der Waals surface area contributed by atoms with Gasteiger partial charge in [-0.3, -0.25) is 10.0 Å². The van der Waals surface area contributed by atoms with Crippen molar-refractivity contribution in [2.45, 2.75) is 6.92 Å². The molecule has 0 aliphatic heterocycles. The van der Waals surface area contributed by atoms with Crippen molar-refractivity contribution < 1.29 is 10.0 Å². The van der Waals surface area contributed by atoms with Crippen molar-refractivity contribution in [2.24, 2.45) is 0 Å². The highest BCUT2D eigenvalue weighted by Gasteiger charge is 2.12. The molecule has 14 heavy (non-hydrogen) atoms. The fourth-order valence-corrected chi connectivity index (χ4v) is 1.47. The Kier molecular flexibility index (Phi) is 4.25. The number of thioether (sulfide) groups is 1. The highest BCUT2D eigenvalue weighted by molar-refractivity contribution is 8.13. The molecule has 0 aromatic heterocycles. The van der Waals surface area contributed by atoms with Crippen LogP contribution in [0.1, 0.15) is 6.92 Å². The van der Waals surface area contributed by atoms with E-state index >= 15 is 0 Å². The largest absolute Gasteiger partial charge is 0.309 e. The van der Waals surface area contributed by atoms with Crippen molar-refractivity contribution in [1.82, 2.24) is 0 Å². The van der Waals surface area contributed by atoms with Crippen molar-refractivity contribution in [3.8, 4) is 0 Å². The van der Waals surface area contributed by atoms with Gasteiger partial charge in [0.05, 0.1) is 5.69 Å². The van der Waals surface area contributed by atoms with E-state index < -0.39 is 5.24 Å². The molecule has 5 heteroatoms. The predicted octanol–water partition coefficient (Wildman–Crippen LogP) is 3.41. The molecule has 1 aromatic rings. The normalized spacial score (nSPS) is 9.93. The van der Waals surface area contributed by atoms with Gasteiger partial charge in [0, 0.05) is 5.02 Å². The topological polar surface area (TPSA) is 40.5 Å². The first-order chi connectivity index (χ1) is 6.65. The Hall–Kier alpha value is -0.710. The first-order valence-corrected chi connectivity index (χ1v) is 5.43. The van der Waals surface area contributed by atoms with Crippen LogP contribution in [0.3, 0.4) is 0 Å². The van der Waals surface area contributed by atoms with Crippen LogP contribution in [0.15, 0.2) is 24.3 Å². The van der Waals surface area contributed by atoms with Gasteiger partial charge in [-0.25, -0.2) is 0 Å². The number of carbonyl (C=O) groups is 1. The van der Waals surface area contributed by atoms with Crippen LogP contribution >= 0.6 is 23.4 Å². The molecule has 0 aliphatic rings. The van der Waals surface area contributed by atoms with Gasteiger partial charge in [0.25, 0.3) is 0 Å². The Balaban J connectivity index is 2.73. The highest BCUT2D eigenvalue weighted by Crippen LogP contribution is 2.19. The van der Waals surface area contributed by atoms with Crippen LogP contribution in [0.25, 0.3) is 0 Å². The number of halogens is 1. The Bertz CT molecular complexity index is 315. The number of rotatable bonds is 2. The lowest BCUT2D eigenvalue weighted by Crippen LogP contribution is -2.22. The van der Waals surface area contributed by atoms with Gasteiger partial charge in [-0.1, -0.05) is 30.3 Å². The van der Waals surface area contributed by atoms with Crippen LogP contribution in [-0.4, -0.2) is 16.2 Å². The van der Waals surface area contributed by atoms with E-state index in [4.69, 9.17) is 11.6 Å². The molecule has 0 unspecified atom stereocenters. The molecule has 0 heterocycles. The summed E-state index contributed by atoms with van der Waals surface area (Å²) < 4.78 is 0. The van der Waals surface area contributed by atoms with Crippen LogP contribution in [-0.2, 0) is 0 Å². The molecule has 0 aliphatic carbocycles. The van der Waals surface area contributed by atoms with E-state index in [0.717, 1.165) is 11.8 Å². The number of hydrogen-bond acceptors (Lipinski definition) is 3. The third-order valence-electron chi connectivity index (χ3n) is 1.51. The number of benzene rings is 1. The summed E-state index contributed by atoms with van der Waals surface area (Å²) in [5, 5.41) is 10.2. The smallest absolute Gasteiger partial charge is 0.280 e. The molecule has 3 nitrogen and oxygen atoms in total. The number of amides is 1. The van der Waals surface area contributed by atoms with Gasteiger partial charge in [0.15, 0.2) is 0 Å². The second-order valence-corrected chi connectivity index (χ2v) is 4.14. The van der Waals surface area contributed by atoms with Gasteiger partial charge < -0.3 is 0 Å². The molecule has 1 rings (SSSR count). The second-order valence-electron chi connectivity index (χ2n) is 2.49. The zero-order valence-corrected chi connectivity index (χ0v) is 9.18. The molecule has 0 atom stereocenters. The van der Waals surface area contributed by atoms with E-state index in [9.17, 15) is 10.0 Å². The van der Waals surface area contributed by atoms with E-state index in [0.29, 0.717) is 21.5 Å². The van der Waals surface area contributed by atoms with Crippen LogP contribution < -0.4 is 5.06 Å². The van der Waals surface area contributed by atoms with Crippen molar-refractivity contribution in [1.29, 1.82) is 0 Å². The summed E-state index contributed by atoms with van der Waals surface area (Å²) in [6, 6.07) is 6.39. The number of anilines is 1. The summed E-state index contributed by atoms with van der Waals surface area (Å²) in [6.07, 6.45) is 0. The zero-order valence-electron chi connectivity index (χ0n) is 7.61. The summed E-state index contributed by atoms with van der Waals surface area (Å²) in [6.45, 7) is 1.85. The number of nitrogens with zero attached hydrogens (tertiary/aromatic N) is 1. The maximum atomic E-state index is 11.2. The molecule has 0 saturated carbocycles. The monoisotopic (exact) mass is 231 g/mol. The van der Waals surface area contributed by atoms with Crippen LogP contribution in [0, 0.1) is 0 Å². The Morgan fingerprint density at radius 1 is 1.50 bits per heavy atom. The van der Waals surface area contributed by atoms with E-state index in [1.165, 1.54) is 0 Å². The maximum absolute atomic E-state index is 11.2. The zero-order chi connectivity index (χ0) is 10.6. The average Bonchev–Trinajstić information content (AvgIpc) is 2.18. The van der Waals surface area contributed by atoms with Crippen molar-refractivity contribution in [3.05, 3.63) is 29.3 Å². The third kappa shape index (κ3) is 2.90. The summed E-state index contributed by atoms with van der Waals surface area (Å²) in [5.41, 5.74) is 0.417. The molecular weight excluding hydrogens is 222 g/mol. The second kappa shape index (κ2) is 5.24. The molecule has 0 bridgehead atoms. The Morgan fingerprint density at radius 2 is 2.07 bits per heavy atom. The standard InChI is InChI=1S/C9H10ClNO2S/c1-2-14-9(12)11(13)8-5-3-7(10)4-6-8/h3-6,13H,2H2,1H3. The Morgan fingerprint density at radius 3 is 2.57 bits per heavy atom. The van der Waals surface area contributed by atoms with E-state index in [-0.39, 0.29) is 0 Å². The van der Waals surface area contributed by atoms with Crippen molar-refractivity contribution in [3.63, 3.8) is 0 Å². The van der Waals surface area contributed by atoms with Gasteiger partial charge in [0.1, 0.15) is 0 Å². The first kappa shape index (κ1) is 11.4. The van der Waals surface area contributed by atoms with Crippen LogP contribution in [0.5, 0.6) is 0 Å². The van der Waals surface area contributed by atoms with E-state index in [2.05, 4.69) is 0 Å². The minimum atomic E-state index is -0.394. The Labute approximate surface area is 91.6 Å². The van der Waals surface area contributed by atoms with Crippen LogP contribution in [0.4, 0.5) is 10.5 Å². The number of hydroxylamine groups is 1. The van der Waals surface area contributed by atoms with Gasteiger partial charge in [-0.15, -0.1) is 0 Å². The summed E-state index contributed by atoms with van der Waals surface area (Å²) in [5.74, 6) is 0.628. The SMILES string of the molecule is CCSC(=O)N(O)c1ccc(Cl)cc1. The van der Waals surface area contributed by atoms with Crippen molar-refractivity contribution >= 4 is 34.3 Å². The molecular formula is C9H10ClNO2S. The predicted molar refractivity (Wildman–Crippen MR) is 59.2 cm³/mol. The van der Waals surface area contributed by atoms with Gasteiger partial charge in [0.2, 0.25) is 0 Å². The molecule has 1 aromatic carbocycles. The van der Waals surface area contributed by atoms with Crippen LogP contribution in [0.2, 0.25) is 5.02 Å². The fraction of sp³-hybridized carbons (Fsp3) is 0.222. The lowest BCUT2D eigenvalue weighted by molar-refractivity contribution is 0.225. The quantitative estimate of drug-likeness (QED) is 0.626. The summed E-state index contributed by atoms with van der Waals surface area (Å²) >= 11 is 6.71. The number of carbonyl (C=O) groups excluding carboxylic acids is 1. The molecule has 0 saturated heterocycles. The summed E-state index contributed by atoms with van der Waals surface area (Å²) in [7, 11) is 0. The molecule has 1 amide bonds. The minimum Gasteiger partial charge on any atom is -0.280 e. The lowest BCUT2D eigenvalue weighted by Gasteiger charge is -2.13. The summed E-state index contributed by atoms with van der Waals surface area (Å²) in [4.78, 5) is 11.2.